The Morgan fingerprint density at radius 3 is 1.97 bits per heavy atom. The van der Waals surface area contributed by atoms with Crippen LogP contribution in [0.4, 0.5) is 5.69 Å². The van der Waals surface area contributed by atoms with Crippen molar-refractivity contribution in [1.82, 2.24) is 0 Å². The Labute approximate surface area is 231 Å². The highest BCUT2D eigenvalue weighted by Crippen LogP contribution is 2.14. The molecule has 1 saturated carbocycles. The van der Waals surface area contributed by atoms with Gasteiger partial charge in [-0.25, -0.2) is 0 Å². The van der Waals surface area contributed by atoms with Gasteiger partial charge < -0.3 is 32.7 Å². The average Bonchev–Trinajstić information content (AvgIpc) is 2.91. The van der Waals surface area contributed by atoms with Gasteiger partial charge in [-0.3, -0.25) is 19.2 Å². The number of carbonyl (C=O) groups is 4. The first kappa shape index (κ1) is 35.4. The molecule has 9 N–H and O–H groups in total. The van der Waals surface area contributed by atoms with Crippen LogP contribution in [-0.2, 0) is 20.8 Å². The molecular formula is C29H44N4O6. The third kappa shape index (κ3) is 21.1. The summed E-state index contributed by atoms with van der Waals surface area (Å²) in [6, 6.07) is 15.6. The minimum Gasteiger partial charge on any atom is -0.481 e. The van der Waals surface area contributed by atoms with Gasteiger partial charge in [0, 0.05) is 24.2 Å². The van der Waals surface area contributed by atoms with E-state index in [-0.39, 0.29) is 12.3 Å². The predicted molar refractivity (Wildman–Crippen MR) is 153 cm³/mol. The predicted octanol–water partition coefficient (Wildman–Crippen LogP) is 3.58. The molecule has 0 heterocycles. The Balaban J connectivity index is 0.000000501. The summed E-state index contributed by atoms with van der Waals surface area (Å²) in [5, 5.41) is 19.3. The van der Waals surface area contributed by atoms with E-state index in [0.29, 0.717) is 30.3 Å². The Kier molecular flexibility index (Phi) is 20.3. The minimum atomic E-state index is -0.933. The van der Waals surface area contributed by atoms with Crippen LogP contribution in [0, 0.1) is 0 Å². The number of carboxylic acids is 2. The molecule has 0 spiro atoms. The molecule has 0 saturated heterocycles. The number of nitrogens with two attached hydrogens (primary N) is 3. The fraction of sp³-hybridized carbons (Fsp3) is 0.448. The summed E-state index contributed by atoms with van der Waals surface area (Å²) in [5.74, 6) is -1.84. The number of hydrogen-bond acceptors (Lipinski definition) is 7. The summed E-state index contributed by atoms with van der Waals surface area (Å²) in [6.45, 7) is 2.04. The lowest BCUT2D eigenvalue weighted by molar-refractivity contribution is -0.139. The number of anilines is 1. The second-order valence-corrected chi connectivity index (χ2v) is 9.10. The van der Waals surface area contributed by atoms with Crippen molar-refractivity contribution in [2.24, 2.45) is 17.2 Å². The molecule has 1 fully saturated rings. The highest BCUT2D eigenvalue weighted by Gasteiger charge is 2.09. The van der Waals surface area contributed by atoms with Gasteiger partial charge in [-0.05, 0) is 62.1 Å². The van der Waals surface area contributed by atoms with Gasteiger partial charge in [-0.1, -0.05) is 56.0 Å². The Bertz CT molecular complexity index is 948. The van der Waals surface area contributed by atoms with Crippen LogP contribution in [0.5, 0.6) is 0 Å². The zero-order chi connectivity index (χ0) is 29.5. The summed E-state index contributed by atoms with van der Waals surface area (Å²) in [6.07, 6.45) is 9.70. The third-order valence-corrected chi connectivity index (χ3v) is 5.50. The average molecular weight is 545 g/mol. The molecule has 39 heavy (non-hydrogen) atoms. The molecule has 216 valence electrons. The summed E-state index contributed by atoms with van der Waals surface area (Å²) in [5.41, 5.74) is 18.2. The summed E-state index contributed by atoms with van der Waals surface area (Å²) >= 11 is 0. The normalized spacial score (nSPS) is 13.0. The van der Waals surface area contributed by atoms with E-state index >= 15 is 0 Å². The fourth-order valence-corrected chi connectivity index (χ4v) is 3.38. The minimum absolute atomic E-state index is 0.112. The highest BCUT2D eigenvalue weighted by molar-refractivity contribution is 5.89. The highest BCUT2D eigenvalue weighted by atomic mass is 16.4. The van der Waals surface area contributed by atoms with Gasteiger partial charge in [-0.2, -0.15) is 0 Å². The largest absolute Gasteiger partial charge is 0.481 e. The Morgan fingerprint density at radius 1 is 0.974 bits per heavy atom. The van der Waals surface area contributed by atoms with Gasteiger partial charge in [0.05, 0.1) is 6.42 Å². The quantitative estimate of drug-likeness (QED) is 0.202. The maximum absolute atomic E-state index is 10.6. The van der Waals surface area contributed by atoms with Gasteiger partial charge in [0.1, 0.15) is 12.3 Å². The molecule has 2 aromatic rings. The van der Waals surface area contributed by atoms with Crippen LogP contribution in [0.2, 0.25) is 0 Å². The molecule has 10 heteroatoms. The Hall–Kier alpha value is -3.60. The number of carboxylic acid groups (broad SMARTS) is 2. The number of aliphatic carboxylic acids is 2. The number of benzene rings is 2. The molecule has 1 atom stereocenters. The molecule has 0 aliphatic heterocycles. The van der Waals surface area contributed by atoms with Crippen molar-refractivity contribution >= 4 is 29.8 Å². The van der Waals surface area contributed by atoms with Crippen LogP contribution in [-0.4, -0.2) is 53.0 Å². The smallest absolute Gasteiger partial charge is 0.320 e. The van der Waals surface area contributed by atoms with Crippen molar-refractivity contribution in [1.29, 1.82) is 0 Å². The number of unbranched alkanes of at least 4 members (excludes halogenated alkanes) is 1. The number of nitrogens with one attached hydrogen (secondary N) is 1. The van der Waals surface area contributed by atoms with E-state index in [0.717, 1.165) is 24.7 Å². The lowest BCUT2D eigenvalue weighted by atomic mass is 9.97. The molecule has 2 aromatic carbocycles. The van der Waals surface area contributed by atoms with Crippen LogP contribution in [0.25, 0.3) is 0 Å². The van der Waals surface area contributed by atoms with Crippen LogP contribution in [0.3, 0.4) is 0 Å². The zero-order valence-corrected chi connectivity index (χ0v) is 22.8. The van der Waals surface area contributed by atoms with Crippen molar-refractivity contribution in [3.8, 4) is 0 Å². The SMILES string of the molecule is CC(=O)Nc1ccc(C=O)cc1.NC1CCCCC1.NCCCC[C@@H](N)C(=O)O.O=C(O)Cc1ccccc1. The van der Waals surface area contributed by atoms with Crippen molar-refractivity contribution < 1.29 is 29.4 Å². The molecule has 10 nitrogen and oxygen atoms in total. The summed E-state index contributed by atoms with van der Waals surface area (Å²) < 4.78 is 0. The lowest BCUT2D eigenvalue weighted by Crippen LogP contribution is -2.29. The van der Waals surface area contributed by atoms with Gasteiger partial charge in [0.2, 0.25) is 5.91 Å². The maximum Gasteiger partial charge on any atom is 0.320 e. The van der Waals surface area contributed by atoms with Gasteiger partial charge in [0.15, 0.2) is 0 Å². The van der Waals surface area contributed by atoms with Crippen LogP contribution in [0.15, 0.2) is 54.6 Å². The molecular weight excluding hydrogens is 500 g/mol. The number of carbonyl (C=O) groups excluding carboxylic acids is 2. The monoisotopic (exact) mass is 544 g/mol. The summed E-state index contributed by atoms with van der Waals surface area (Å²) in [4.78, 5) is 41.1. The molecule has 1 aliphatic carbocycles. The molecule has 0 aromatic heterocycles. The summed E-state index contributed by atoms with van der Waals surface area (Å²) in [7, 11) is 0. The molecule has 0 unspecified atom stereocenters. The van der Waals surface area contributed by atoms with E-state index < -0.39 is 18.0 Å². The second-order valence-electron chi connectivity index (χ2n) is 9.10. The van der Waals surface area contributed by atoms with E-state index in [1.54, 1.807) is 36.4 Å². The van der Waals surface area contributed by atoms with E-state index in [1.807, 2.05) is 18.2 Å². The lowest BCUT2D eigenvalue weighted by Gasteiger charge is -2.15. The van der Waals surface area contributed by atoms with Gasteiger partial charge >= 0.3 is 11.9 Å². The van der Waals surface area contributed by atoms with Crippen molar-refractivity contribution in [2.45, 2.75) is 76.8 Å². The van der Waals surface area contributed by atoms with E-state index in [2.05, 4.69) is 5.32 Å². The first-order valence-corrected chi connectivity index (χ1v) is 13.1. The molecule has 0 radical (unpaired) electrons. The topological polar surface area (TPSA) is 199 Å². The van der Waals surface area contributed by atoms with Gasteiger partial charge in [0.25, 0.3) is 0 Å². The maximum atomic E-state index is 10.6. The van der Waals surface area contributed by atoms with E-state index in [9.17, 15) is 19.2 Å². The van der Waals surface area contributed by atoms with Crippen molar-refractivity contribution in [3.63, 3.8) is 0 Å². The first-order valence-electron chi connectivity index (χ1n) is 13.1. The molecule has 0 bridgehead atoms. The number of hydrogen-bond donors (Lipinski definition) is 6. The molecule has 1 amide bonds. The van der Waals surface area contributed by atoms with Crippen LogP contribution in [0.1, 0.15) is 74.2 Å². The standard InChI is InChI=1S/C9H9NO2.C8H8O2.C6H14N2O2.C6H13N/c1-7(12)10-9-4-2-8(6-11)3-5-9;9-8(10)6-7-4-2-1-3-5-7;7-4-2-1-3-5(8)6(9)10;7-6-4-2-1-3-5-6/h2-6H,1H3,(H,10,12);1-5H,6H2,(H,9,10);5H,1-4,7-8H2,(H,9,10);6H,1-5,7H2/t;;5-;/m..1./s1. The zero-order valence-electron chi connectivity index (χ0n) is 22.8. The van der Waals surface area contributed by atoms with Crippen molar-refractivity contribution in [2.75, 3.05) is 11.9 Å². The van der Waals surface area contributed by atoms with E-state index in [4.69, 9.17) is 27.4 Å². The number of rotatable bonds is 9. The number of amides is 1. The first-order chi connectivity index (χ1) is 18.6. The molecule has 3 rings (SSSR count). The van der Waals surface area contributed by atoms with Crippen LogP contribution >= 0.6 is 0 Å². The number of aldehydes is 1. The van der Waals surface area contributed by atoms with Gasteiger partial charge in [-0.15, -0.1) is 0 Å². The molecule has 1 aliphatic rings. The second kappa shape index (κ2) is 22.4. The fourth-order valence-electron chi connectivity index (χ4n) is 3.38. The van der Waals surface area contributed by atoms with Crippen molar-refractivity contribution in [3.05, 3.63) is 65.7 Å². The Morgan fingerprint density at radius 2 is 1.56 bits per heavy atom. The van der Waals surface area contributed by atoms with Crippen LogP contribution < -0.4 is 22.5 Å². The van der Waals surface area contributed by atoms with E-state index in [1.165, 1.54) is 39.0 Å². The third-order valence-electron chi connectivity index (χ3n) is 5.50.